The highest BCUT2D eigenvalue weighted by atomic mass is 35.6. The van der Waals surface area contributed by atoms with Gasteiger partial charge < -0.3 is 19.9 Å². The van der Waals surface area contributed by atoms with E-state index in [0.717, 1.165) is 18.4 Å². The lowest BCUT2D eigenvalue weighted by atomic mass is 10.1. The molecule has 3 amide bonds. The van der Waals surface area contributed by atoms with Crippen molar-refractivity contribution in [2.45, 2.75) is 22.1 Å². The number of likely N-dealkylation sites (tertiary alicyclic amines) is 1. The van der Waals surface area contributed by atoms with Gasteiger partial charge in [-0.25, -0.2) is 9.59 Å². The Labute approximate surface area is 188 Å². The molecule has 2 atom stereocenters. The van der Waals surface area contributed by atoms with Crippen LogP contribution in [0.4, 0.5) is 4.79 Å². The molecule has 14 heteroatoms. The fourth-order valence-corrected chi connectivity index (χ4v) is 3.32. The Kier molecular flexibility index (Phi) is 7.81. The smallest absolute Gasteiger partial charge is 0.395 e. The van der Waals surface area contributed by atoms with Crippen LogP contribution in [0.5, 0.6) is 11.5 Å². The molecule has 1 aromatic carbocycles. The molecule has 1 aromatic rings. The fourth-order valence-electron chi connectivity index (χ4n) is 2.21. The van der Waals surface area contributed by atoms with E-state index < -0.39 is 50.8 Å². The minimum atomic E-state index is -1.89. The zero-order valence-corrected chi connectivity index (χ0v) is 18.0. The van der Waals surface area contributed by atoms with Gasteiger partial charge in [-0.05, 0) is 23.9 Å². The maximum absolute atomic E-state index is 11.8. The first-order valence-corrected chi connectivity index (χ1v) is 9.96. The molecule has 0 spiro atoms. The van der Waals surface area contributed by atoms with E-state index in [2.05, 4.69) is 10.1 Å². The number of alkyl halides is 3. The number of nitrogens with one attached hydrogen (secondary N) is 1. The predicted octanol–water partition coefficient (Wildman–Crippen LogP) is 2.30. The third kappa shape index (κ3) is 6.39. The molecule has 3 heterocycles. The fraction of sp³-hybridized carbons (Fsp3) is 0.312. The van der Waals surface area contributed by atoms with Gasteiger partial charge in [-0.3, -0.25) is 19.3 Å². The number of hydrogen-bond donors (Lipinski definition) is 2. The Morgan fingerprint density at radius 3 is 2.20 bits per heavy atom. The van der Waals surface area contributed by atoms with Crippen molar-refractivity contribution in [1.82, 2.24) is 10.2 Å². The van der Waals surface area contributed by atoms with Gasteiger partial charge in [0.1, 0.15) is 29.5 Å². The molecule has 2 bridgehead atoms. The molecule has 0 aromatic heterocycles. The van der Waals surface area contributed by atoms with E-state index in [-0.39, 0.29) is 0 Å². The number of nitrogens with zero attached hydrogens (tertiary/aromatic N) is 1. The highest BCUT2D eigenvalue weighted by Crippen LogP contribution is 2.34. The van der Waals surface area contributed by atoms with Crippen LogP contribution in [0, 0.1) is 0 Å². The van der Waals surface area contributed by atoms with Gasteiger partial charge in [-0.1, -0.05) is 40.9 Å². The number of carboxylic acids is 1. The molecule has 0 saturated carbocycles. The summed E-state index contributed by atoms with van der Waals surface area (Å²) in [7, 11) is 0. The van der Waals surface area contributed by atoms with Gasteiger partial charge in [0.15, 0.2) is 0 Å². The zero-order chi connectivity index (χ0) is 22.6. The number of carbonyl (C=O) groups excluding carboxylic acids is 4. The van der Waals surface area contributed by atoms with E-state index in [1.54, 1.807) is 0 Å². The van der Waals surface area contributed by atoms with Crippen molar-refractivity contribution in [3.63, 3.8) is 0 Å². The molecule has 162 valence electrons. The Morgan fingerprint density at radius 1 is 1.27 bits per heavy atom. The number of ether oxygens (including phenoxy) is 2. The summed E-state index contributed by atoms with van der Waals surface area (Å²) in [5, 5.41) is 8.55. The lowest BCUT2D eigenvalue weighted by Crippen LogP contribution is -2.71. The van der Waals surface area contributed by atoms with Crippen molar-refractivity contribution in [2.24, 2.45) is 0 Å². The zero-order valence-electron chi connectivity index (χ0n) is 15.0. The first-order valence-electron chi connectivity index (χ1n) is 7.94. The second kappa shape index (κ2) is 9.73. The molecule has 0 aliphatic carbocycles. The number of rotatable bonds is 3. The molecule has 10 nitrogen and oxygen atoms in total. The van der Waals surface area contributed by atoms with E-state index in [4.69, 9.17) is 44.6 Å². The van der Waals surface area contributed by atoms with Crippen LogP contribution >= 0.6 is 46.6 Å². The topological polar surface area (TPSA) is 139 Å². The standard InChI is InChI=1S/C10H9Cl3N2O7S.C6H4O/c1-3(16)14-4-5(17)15(6(18)8(19)20)7(4)23-9(21)22-2-10(11,12)13;1-2-5-4-6(3-1)7-5/h4,7H,2H2,1H3,(H,14,16)(H,19,20);1-4H. The second-order valence-corrected chi connectivity index (χ2v) is 9.30. The lowest BCUT2D eigenvalue weighted by Gasteiger charge is -2.43. The summed E-state index contributed by atoms with van der Waals surface area (Å²) in [5.74, 6) is -3.02. The number of hydrogen-bond acceptors (Lipinski definition) is 8. The first-order chi connectivity index (χ1) is 13.9. The van der Waals surface area contributed by atoms with Crippen molar-refractivity contribution in [1.29, 1.82) is 0 Å². The Bertz CT molecular complexity index is 867. The van der Waals surface area contributed by atoms with Crippen LogP contribution in [-0.2, 0) is 23.9 Å². The number of β-lactam (4-membered cyclic amide) rings is 1. The quantitative estimate of drug-likeness (QED) is 0.282. The SMILES string of the molecule is CC(=O)NC1C(=O)N(C(=O)C(=O)O)C1SC(=O)OCC(Cl)(Cl)Cl.c1cc2cc(c1)O2. The molecule has 1 fully saturated rings. The van der Waals surface area contributed by atoms with Gasteiger partial charge >= 0.3 is 17.2 Å². The normalized spacial score (nSPS) is 18.5. The summed E-state index contributed by atoms with van der Waals surface area (Å²) < 4.78 is 7.76. The largest absolute Gasteiger partial charge is 0.474 e. The highest BCUT2D eigenvalue weighted by molar-refractivity contribution is 8.13. The Balaban J connectivity index is 0.000000375. The molecule has 4 rings (SSSR count). The summed E-state index contributed by atoms with van der Waals surface area (Å²) in [4.78, 5) is 56.9. The van der Waals surface area contributed by atoms with Crippen molar-refractivity contribution in [3.05, 3.63) is 24.3 Å². The minimum absolute atomic E-state index is 0.304. The van der Waals surface area contributed by atoms with Crippen LogP contribution in [0.3, 0.4) is 0 Å². The molecule has 3 aliphatic heterocycles. The highest BCUT2D eigenvalue weighted by Gasteiger charge is 2.54. The van der Waals surface area contributed by atoms with E-state index in [0.29, 0.717) is 16.7 Å². The molecular formula is C16H13Cl3N2O8S. The maximum Gasteiger partial charge on any atom is 0.395 e. The number of carbonyl (C=O) groups is 5. The second-order valence-electron chi connectivity index (χ2n) is 5.74. The number of aliphatic carboxylic acids is 1. The van der Waals surface area contributed by atoms with Crippen LogP contribution < -0.4 is 10.1 Å². The van der Waals surface area contributed by atoms with Gasteiger partial charge in [0, 0.05) is 13.0 Å². The lowest BCUT2D eigenvalue weighted by molar-refractivity contribution is -0.168. The number of fused-ring (bicyclic) bond motifs is 2. The number of imide groups is 1. The van der Waals surface area contributed by atoms with Crippen LogP contribution in [0.2, 0.25) is 0 Å². The van der Waals surface area contributed by atoms with E-state index in [1.165, 1.54) is 0 Å². The van der Waals surface area contributed by atoms with Gasteiger partial charge in [0.2, 0.25) is 9.70 Å². The third-order valence-electron chi connectivity index (χ3n) is 3.42. The van der Waals surface area contributed by atoms with Gasteiger partial charge in [-0.2, -0.15) is 0 Å². The summed E-state index contributed by atoms with van der Waals surface area (Å²) in [6.45, 7) is 0.514. The Morgan fingerprint density at radius 2 is 1.83 bits per heavy atom. The van der Waals surface area contributed by atoms with Crippen molar-refractivity contribution >= 4 is 75.6 Å². The van der Waals surface area contributed by atoms with Gasteiger partial charge in [0.05, 0.1) is 0 Å². The average Bonchev–Trinajstić information content (AvgIpc) is 2.64. The summed E-state index contributed by atoms with van der Waals surface area (Å²) >= 11 is 16.5. The van der Waals surface area contributed by atoms with E-state index >= 15 is 0 Å². The predicted molar refractivity (Wildman–Crippen MR) is 107 cm³/mol. The number of thioether (sulfide) groups is 1. The summed E-state index contributed by atoms with van der Waals surface area (Å²) in [6.07, 6.45) is 0. The van der Waals surface area contributed by atoms with Crippen molar-refractivity contribution in [2.75, 3.05) is 6.61 Å². The molecule has 3 aliphatic rings. The average molecular weight is 500 g/mol. The molecule has 2 N–H and O–H groups in total. The molecular weight excluding hydrogens is 487 g/mol. The van der Waals surface area contributed by atoms with Crippen LogP contribution in [-0.4, -0.2) is 60.8 Å². The monoisotopic (exact) mass is 498 g/mol. The Hall–Kier alpha value is -2.21. The van der Waals surface area contributed by atoms with Crippen LogP contribution in [0.1, 0.15) is 6.92 Å². The van der Waals surface area contributed by atoms with Crippen molar-refractivity contribution in [3.8, 4) is 11.5 Å². The summed E-state index contributed by atoms with van der Waals surface area (Å²) in [5.41, 5.74) is 0. The number of benzene rings is 1. The van der Waals surface area contributed by atoms with Crippen LogP contribution in [0.15, 0.2) is 24.3 Å². The molecule has 0 radical (unpaired) electrons. The minimum Gasteiger partial charge on any atom is -0.474 e. The van der Waals surface area contributed by atoms with Gasteiger partial charge in [-0.15, -0.1) is 0 Å². The number of carboxylic acid groups (broad SMARTS) is 1. The molecule has 1 saturated heterocycles. The first kappa shape index (κ1) is 24.1. The van der Waals surface area contributed by atoms with E-state index in [9.17, 15) is 24.0 Å². The maximum atomic E-state index is 11.8. The van der Waals surface area contributed by atoms with Gasteiger partial charge in [0.25, 0.3) is 5.91 Å². The molecule has 30 heavy (non-hydrogen) atoms. The van der Waals surface area contributed by atoms with Crippen LogP contribution in [0.25, 0.3) is 0 Å². The van der Waals surface area contributed by atoms with E-state index in [1.807, 2.05) is 24.3 Å². The third-order valence-corrected chi connectivity index (χ3v) is 4.78. The number of amides is 3. The molecule has 2 unspecified atom stereocenters. The van der Waals surface area contributed by atoms with Crippen molar-refractivity contribution < 1.29 is 38.6 Å². The number of halogens is 3. The summed E-state index contributed by atoms with van der Waals surface area (Å²) in [6, 6.07) is 6.61.